The van der Waals surface area contributed by atoms with E-state index in [9.17, 15) is 4.79 Å². The van der Waals surface area contributed by atoms with Crippen LogP contribution >= 0.6 is 0 Å². The second kappa shape index (κ2) is 7.46. The first kappa shape index (κ1) is 15.8. The molecule has 1 fully saturated rings. The maximum absolute atomic E-state index is 11.3. The molecule has 1 aliphatic rings. The molecule has 1 N–H and O–H groups in total. The molecule has 0 saturated carbocycles. The Morgan fingerprint density at radius 3 is 2.71 bits per heavy atom. The van der Waals surface area contributed by atoms with Gasteiger partial charge in [0.15, 0.2) is 0 Å². The Kier molecular flexibility index (Phi) is 5.62. The Labute approximate surface area is 128 Å². The third-order valence-electron chi connectivity index (χ3n) is 4.29. The summed E-state index contributed by atoms with van der Waals surface area (Å²) in [6.45, 7) is 8.01. The van der Waals surface area contributed by atoms with E-state index < -0.39 is 0 Å². The predicted molar refractivity (Wildman–Crippen MR) is 87.3 cm³/mol. The fraction of sp³-hybridized carbons (Fsp3) is 0.588. The van der Waals surface area contributed by atoms with Gasteiger partial charge in [-0.1, -0.05) is 19.1 Å². The number of carbonyl (C=O) groups is 1. The van der Waals surface area contributed by atoms with Crippen molar-refractivity contribution >= 4 is 11.6 Å². The summed E-state index contributed by atoms with van der Waals surface area (Å²) < 4.78 is 0. The van der Waals surface area contributed by atoms with Gasteiger partial charge in [-0.3, -0.25) is 4.79 Å². The summed E-state index contributed by atoms with van der Waals surface area (Å²) in [6.07, 6.45) is 2.40. The standard InChI is InChI=1S/C17H27N3O/c1-4-20-10-8-16(9-11-20)18-17-7-5-6-15(12-17)13-19(3)14(2)21/h5-7,12,16,18H,4,8-11,13H2,1-3H3. The van der Waals surface area contributed by atoms with Gasteiger partial charge in [0.05, 0.1) is 0 Å². The lowest BCUT2D eigenvalue weighted by Crippen LogP contribution is -2.38. The molecule has 1 heterocycles. The second-order valence-electron chi connectivity index (χ2n) is 5.93. The number of anilines is 1. The smallest absolute Gasteiger partial charge is 0.219 e. The molecule has 0 spiro atoms. The lowest BCUT2D eigenvalue weighted by Gasteiger charge is -2.32. The number of rotatable bonds is 5. The van der Waals surface area contributed by atoms with Crippen molar-refractivity contribution in [3.05, 3.63) is 29.8 Å². The van der Waals surface area contributed by atoms with Crippen molar-refractivity contribution in [3.63, 3.8) is 0 Å². The number of benzene rings is 1. The van der Waals surface area contributed by atoms with Gasteiger partial charge in [0.1, 0.15) is 0 Å². The van der Waals surface area contributed by atoms with E-state index in [-0.39, 0.29) is 5.91 Å². The van der Waals surface area contributed by atoms with E-state index in [0.717, 1.165) is 6.54 Å². The van der Waals surface area contributed by atoms with Crippen LogP contribution in [0.15, 0.2) is 24.3 Å². The number of piperidine rings is 1. The summed E-state index contributed by atoms with van der Waals surface area (Å²) in [5.74, 6) is 0.0975. The van der Waals surface area contributed by atoms with E-state index in [1.54, 1.807) is 11.8 Å². The van der Waals surface area contributed by atoms with Gasteiger partial charge >= 0.3 is 0 Å². The molecule has 0 radical (unpaired) electrons. The highest BCUT2D eigenvalue weighted by atomic mass is 16.2. The zero-order valence-corrected chi connectivity index (χ0v) is 13.4. The van der Waals surface area contributed by atoms with E-state index in [2.05, 4.69) is 41.4 Å². The van der Waals surface area contributed by atoms with Gasteiger partial charge in [-0.15, -0.1) is 0 Å². The summed E-state index contributed by atoms with van der Waals surface area (Å²) in [7, 11) is 1.84. The van der Waals surface area contributed by atoms with Crippen LogP contribution in [0.4, 0.5) is 5.69 Å². The molecule has 0 aliphatic carbocycles. The van der Waals surface area contributed by atoms with Crippen molar-refractivity contribution < 1.29 is 4.79 Å². The highest BCUT2D eigenvalue weighted by Gasteiger charge is 2.17. The Bertz CT molecular complexity index is 467. The van der Waals surface area contributed by atoms with Crippen LogP contribution in [0.2, 0.25) is 0 Å². The Hall–Kier alpha value is -1.55. The largest absolute Gasteiger partial charge is 0.382 e. The van der Waals surface area contributed by atoms with Crippen LogP contribution in [0.25, 0.3) is 0 Å². The molecule has 1 aliphatic heterocycles. The average Bonchev–Trinajstić information content (AvgIpc) is 2.48. The first-order valence-corrected chi connectivity index (χ1v) is 7.88. The van der Waals surface area contributed by atoms with Crippen molar-refractivity contribution in [1.29, 1.82) is 0 Å². The molecular formula is C17H27N3O. The maximum atomic E-state index is 11.3. The highest BCUT2D eigenvalue weighted by Crippen LogP contribution is 2.18. The fourth-order valence-electron chi connectivity index (χ4n) is 2.77. The highest BCUT2D eigenvalue weighted by molar-refractivity contribution is 5.72. The first-order valence-electron chi connectivity index (χ1n) is 7.88. The van der Waals surface area contributed by atoms with Gasteiger partial charge in [0.2, 0.25) is 5.91 Å². The summed E-state index contributed by atoms with van der Waals surface area (Å²) in [6, 6.07) is 8.97. The maximum Gasteiger partial charge on any atom is 0.219 e. The molecule has 0 bridgehead atoms. The van der Waals surface area contributed by atoms with Gasteiger partial charge in [-0.2, -0.15) is 0 Å². The zero-order valence-electron chi connectivity index (χ0n) is 13.4. The number of amides is 1. The molecule has 1 aromatic rings. The fourth-order valence-corrected chi connectivity index (χ4v) is 2.77. The Morgan fingerprint density at radius 1 is 1.38 bits per heavy atom. The molecule has 116 valence electrons. The molecule has 4 heteroatoms. The topological polar surface area (TPSA) is 35.6 Å². The third kappa shape index (κ3) is 4.74. The number of nitrogens with zero attached hydrogens (tertiary/aromatic N) is 2. The summed E-state index contributed by atoms with van der Waals surface area (Å²) in [5, 5.41) is 3.64. The van der Waals surface area contributed by atoms with Crippen LogP contribution in [0.3, 0.4) is 0 Å². The van der Waals surface area contributed by atoms with Crippen LogP contribution < -0.4 is 5.32 Å². The van der Waals surface area contributed by atoms with Crippen LogP contribution in [0.5, 0.6) is 0 Å². The minimum atomic E-state index is 0.0975. The molecule has 0 aromatic heterocycles. The van der Waals surface area contributed by atoms with Gasteiger partial charge in [-0.05, 0) is 37.1 Å². The van der Waals surface area contributed by atoms with E-state index in [0.29, 0.717) is 12.6 Å². The third-order valence-corrected chi connectivity index (χ3v) is 4.29. The van der Waals surface area contributed by atoms with Crippen LogP contribution in [-0.2, 0) is 11.3 Å². The van der Waals surface area contributed by atoms with Gasteiger partial charge < -0.3 is 15.1 Å². The van der Waals surface area contributed by atoms with E-state index in [1.807, 2.05) is 7.05 Å². The Balaban J connectivity index is 1.91. The first-order chi connectivity index (χ1) is 10.1. The monoisotopic (exact) mass is 289 g/mol. The molecule has 1 saturated heterocycles. The minimum Gasteiger partial charge on any atom is -0.382 e. The minimum absolute atomic E-state index is 0.0975. The SMILES string of the molecule is CCN1CCC(Nc2cccc(CN(C)C(C)=O)c2)CC1. The van der Waals surface area contributed by atoms with Gasteiger partial charge in [0.25, 0.3) is 0 Å². The Morgan fingerprint density at radius 2 is 2.10 bits per heavy atom. The number of hydrogen-bond donors (Lipinski definition) is 1. The van der Waals surface area contributed by atoms with E-state index in [4.69, 9.17) is 0 Å². The number of carbonyl (C=O) groups excluding carboxylic acids is 1. The van der Waals surface area contributed by atoms with Crippen LogP contribution in [0, 0.1) is 0 Å². The summed E-state index contributed by atoms with van der Waals surface area (Å²) >= 11 is 0. The molecule has 0 atom stereocenters. The number of nitrogens with one attached hydrogen (secondary N) is 1. The molecule has 1 amide bonds. The predicted octanol–water partition coefficient (Wildman–Crippen LogP) is 2.56. The molecule has 21 heavy (non-hydrogen) atoms. The molecular weight excluding hydrogens is 262 g/mol. The van der Waals surface area contributed by atoms with Crippen LogP contribution in [0.1, 0.15) is 32.3 Å². The van der Waals surface area contributed by atoms with Gasteiger partial charge in [0, 0.05) is 45.3 Å². The van der Waals surface area contributed by atoms with E-state index in [1.165, 1.54) is 37.2 Å². The van der Waals surface area contributed by atoms with Crippen molar-refractivity contribution in [2.45, 2.75) is 39.3 Å². The number of likely N-dealkylation sites (tertiary alicyclic amines) is 1. The summed E-state index contributed by atoms with van der Waals surface area (Å²) in [5.41, 5.74) is 2.34. The summed E-state index contributed by atoms with van der Waals surface area (Å²) in [4.78, 5) is 15.5. The molecule has 4 nitrogen and oxygen atoms in total. The zero-order chi connectivity index (χ0) is 15.2. The lowest BCUT2D eigenvalue weighted by molar-refractivity contribution is -0.128. The average molecular weight is 289 g/mol. The lowest BCUT2D eigenvalue weighted by atomic mass is 10.0. The molecule has 0 unspecified atom stereocenters. The second-order valence-corrected chi connectivity index (χ2v) is 5.93. The number of hydrogen-bond acceptors (Lipinski definition) is 3. The normalized spacial score (nSPS) is 16.7. The van der Waals surface area contributed by atoms with Crippen molar-refractivity contribution in [3.8, 4) is 0 Å². The van der Waals surface area contributed by atoms with Gasteiger partial charge in [-0.25, -0.2) is 0 Å². The van der Waals surface area contributed by atoms with Crippen LogP contribution in [-0.4, -0.2) is 48.4 Å². The van der Waals surface area contributed by atoms with Crippen molar-refractivity contribution in [2.75, 3.05) is 32.0 Å². The molecule has 1 aromatic carbocycles. The quantitative estimate of drug-likeness (QED) is 0.905. The van der Waals surface area contributed by atoms with Crippen molar-refractivity contribution in [1.82, 2.24) is 9.80 Å². The van der Waals surface area contributed by atoms with E-state index >= 15 is 0 Å². The van der Waals surface area contributed by atoms with Crippen molar-refractivity contribution in [2.24, 2.45) is 0 Å². The molecule has 2 rings (SSSR count).